The lowest BCUT2D eigenvalue weighted by atomic mass is 9.99. The minimum Gasteiger partial charge on any atom is -0.493 e. The van der Waals surface area contributed by atoms with Gasteiger partial charge in [0.15, 0.2) is 11.5 Å². The maximum atomic E-state index is 13.5. The molecule has 3 aromatic carbocycles. The summed E-state index contributed by atoms with van der Waals surface area (Å²) < 4.78 is 52.0. The van der Waals surface area contributed by atoms with E-state index in [2.05, 4.69) is 5.10 Å². The first-order valence-corrected chi connectivity index (χ1v) is 11.0. The van der Waals surface area contributed by atoms with E-state index in [0.717, 1.165) is 9.98 Å². The van der Waals surface area contributed by atoms with Crippen LogP contribution in [-0.2, 0) is 10.0 Å². The van der Waals surface area contributed by atoms with Crippen molar-refractivity contribution in [2.75, 3.05) is 14.2 Å². The molecule has 160 valence electrons. The minimum atomic E-state index is -3.92. The Kier molecular flexibility index (Phi) is 5.65. The van der Waals surface area contributed by atoms with Crippen molar-refractivity contribution in [3.05, 3.63) is 89.7 Å². The maximum Gasteiger partial charge on any atom is 0.279 e. The minimum absolute atomic E-state index is 0.138. The Balaban J connectivity index is 1.80. The van der Waals surface area contributed by atoms with Crippen molar-refractivity contribution >= 4 is 15.7 Å². The Morgan fingerprint density at radius 1 is 0.935 bits per heavy atom. The first kappa shape index (κ1) is 20.9. The summed E-state index contributed by atoms with van der Waals surface area (Å²) in [5.41, 5.74) is 1.95. The summed E-state index contributed by atoms with van der Waals surface area (Å²) in [6, 6.07) is 18.6. The largest absolute Gasteiger partial charge is 0.493 e. The van der Waals surface area contributed by atoms with Gasteiger partial charge in [0, 0.05) is 12.0 Å². The van der Waals surface area contributed by atoms with Gasteiger partial charge in [0.05, 0.1) is 30.9 Å². The van der Waals surface area contributed by atoms with Gasteiger partial charge in [-0.3, -0.25) is 0 Å². The molecule has 0 saturated heterocycles. The topological polar surface area (TPSA) is 68.2 Å². The zero-order chi connectivity index (χ0) is 22.0. The van der Waals surface area contributed by atoms with Crippen LogP contribution in [0.25, 0.3) is 0 Å². The number of methoxy groups -OCH3 is 2. The zero-order valence-corrected chi connectivity index (χ0v) is 17.8. The van der Waals surface area contributed by atoms with E-state index in [0.29, 0.717) is 29.2 Å². The summed E-state index contributed by atoms with van der Waals surface area (Å²) >= 11 is 0. The average molecular weight is 440 g/mol. The second-order valence-electron chi connectivity index (χ2n) is 6.98. The molecular formula is C23H21FN2O4S. The summed E-state index contributed by atoms with van der Waals surface area (Å²) in [7, 11) is -0.841. The van der Waals surface area contributed by atoms with Crippen LogP contribution in [0, 0.1) is 5.82 Å². The van der Waals surface area contributed by atoms with Gasteiger partial charge >= 0.3 is 0 Å². The van der Waals surface area contributed by atoms with Crippen molar-refractivity contribution in [2.45, 2.75) is 17.4 Å². The predicted octanol–water partition coefficient (Wildman–Crippen LogP) is 4.38. The molecule has 8 heteroatoms. The van der Waals surface area contributed by atoms with E-state index in [-0.39, 0.29) is 10.7 Å². The van der Waals surface area contributed by atoms with E-state index in [1.807, 2.05) is 0 Å². The quantitative estimate of drug-likeness (QED) is 0.570. The van der Waals surface area contributed by atoms with E-state index < -0.39 is 16.1 Å². The van der Waals surface area contributed by atoms with Crippen LogP contribution in [0.2, 0.25) is 0 Å². The molecule has 0 saturated carbocycles. The van der Waals surface area contributed by atoms with Crippen LogP contribution in [0.4, 0.5) is 4.39 Å². The summed E-state index contributed by atoms with van der Waals surface area (Å²) in [5.74, 6) is 0.694. The predicted molar refractivity (Wildman–Crippen MR) is 115 cm³/mol. The third-order valence-electron chi connectivity index (χ3n) is 5.13. The molecule has 0 amide bonds. The Bertz CT molecular complexity index is 1210. The van der Waals surface area contributed by atoms with Crippen molar-refractivity contribution in [3.63, 3.8) is 0 Å². The molecule has 0 spiro atoms. The number of benzene rings is 3. The highest BCUT2D eigenvalue weighted by atomic mass is 32.2. The van der Waals surface area contributed by atoms with E-state index in [1.54, 1.807) is 55.6 Å². The Labute approximate surface area is 180 Å². The monoisotopic (exact) mass is 440 g/mol. The van der Waals surface area contributed by atoms with Crippen molar-refractivity contribution in [3.8, 4) is 11.5 Å². The van der Waals surface area contributed by atoms with E-state index >= 15 is 0 Å². The van der Waals surface area contributed by atoms with Gasteiger partial charge in [0.2, 0.25) is 0 Å². The second-order valence-corrected chi connectivity index (χ2v) is 8.77. The molecule has 6 nitrogen and oxygen atoms in total. The molecule has 1 heterocycles. The van der Waals surface area contributed by atoms with E-state index in [1.165, 1.54) is 31.4 Å². The molecule has 0 fully saturated rings. The summed E-state index contributed by atoms with van der Waals surface area (Å²) in [4.78, 5) is 0.138. The molecule has 0 bridgehead atoms. The first-order chi connectivity index (χ1) is 14.9. The number of sulfonamides is 1. The highest BCUT2D eigenvalue weighted by Crippen LogP contribution is 2.38. The molecule has 1 aliphatic rings. The molecule has 3 aromatic rings. The highest BCUT2D eigenvalue weighted by Gasteiger charge is 2.37. The Hall–Kier alpha value is -3.39. The SMILES string of the molecule is COc1ccc(C2=NN(S(=O)(=O)c3ccccc3)[C@H](c3ccc(F)cc3)C2)cc1OC. The van der Waals surface area contributed by atoms with Gasteiger partial charge in [-0.25, -0.2) is 4.39 Å². The molecule has 0 radical (unpaired) electrons. The number of hydrazone groups is 1. The van der Waals surface area contributed by atoms with Crippen LogP contribution in [0.1, 0.15) is 23.6 Å². The fourth-order valence-electron chi connectivity index (χ4n) is 3.53. The van der Waals surface area contributed by atoms with Gasteiger partial charge in [-0.1, -0.05) is 30.3 Å². The van der Waals surface area contributed by atoms with Gasteiger partial charge in [-0.2, -0.15) is 17.9 Å². The number of hydrogen-bond donors (Lipinski definition) is 0. The van der Waals surface area contributed by atoms with E-state index in [4.69, 9.17) is 9.47 Å². The van der Waals surface area contributed by atoms with Crippen molar-refractivity contribution < 1.29 is 22.3 Å². The normalized spacial score (nSPS) is 16.2. The molecule has 0 aromatic heterocycles. The smallest absolute Gasteiger partial charge is 0.279 e. The Morgan fingerprint density at radius 2 is 1.61 bits per heavy atom. The lowest BCUT2D eigenvalue weighted by Crippen LogP contribution is -2.27. The van der Waals surface area contributed by atoms with Crippen LogP contribution in [-0.4, -0.2) is 32.8 Å². The van der Waals surface area contributed by atoms with Crippen molar-refractivity contribution in [2.24, 2.45) is 5.10 Å². The van der Waals surface area contributed by atoms with Crippen LogP contribution in [0.15, 0.2) is 82.8 Å². The zero-order valence-electron chi connectivity index (χ0n) is 17.0. The van der Waals surface area contributed by atoms with Gasteiger partial charge < -0.3 is 9.47 Å². The molecule has 31 heavy (non-hydrogen) atoms. The molecule has 0 N–H and O–H groups in total. The van der Waals surface area contributed by atoms with Crippen LogP contribution < -0.4 is 9.47 Å². The number of hydrogen-bond acceptors (Lipinski definition) is 5. The number of ether oxygens (including phenoxy) is 2. The molecule has 0 unspecified atom stereocenters. The van der Waals surface area contributed by atoms with Gasteiger partial charge in [0.1, 0.15) is 5.82 Å². The molecular weight excluding hydrogens is 419 g/mol. The summed E-state index contributed by atoms with van der Waals surface area (Å²) in [6.45, 7) is 0. The molecule has 1 atom stereocenters. The maximum absolute atomic E-state index is 13.5. The van der Waals surface area contributed by atoms with Gasteiger partial charge in [-0.15, -0.1) is 0 Å². The van der Waals surface area contributed by atoms with Gasteiger partial charge in [0.25, 0.3) is 10.0 Å². The highest BCUT2D eigenvalue weighted by molar-refractivity contribution is 7.89. The summed E-state index contributed by atoms with van der Waals surface area (Å²) in [5, 5.41) is 4.49. The fourth-order valence-corrected chi connectivity index (χ4v) is 4.99. The lowest BCUT2D eigenvalue weighted by Gasteiger charge is -2.23. The van der Waals surface area contributed by atoms with Crippen molar-refractivity contribution in [1.29, 1.82) is 0 Å². The number of rotatable bonds is 6. The second kappa shape index (κ2) is 8.39. The third kappa shape index (κ3) is 3.98. The average Bonchev–Trinajstić information content (AvgIpc) is 3.26. The Morgan fingerprint density at radius 3 is 2.26 bits per heavy atom. The van der Waals surface area contributed by atoms with Crippen LogP contribution >= 0.6 is 0 Å². The fraction of sp³-hybridized carbons (Fsp3) is 0.174. The molecule has 4 rings (SSSR count). The third-order valence-corrected chi connectivity index (χ3v) is 6.83. The number of nitrogens with zero attached hydrogens (tertiary/aromatic N) is 2. The molecule has 1 aliphatic heterocycles. The first-order valence-electron chi connectivity index (χ1n) is 9.59. The molecule has 0 aliphatic carbocycles. The van der Waals surface area contributed by atoms with Crippen molar-refractivity contribution in [1.82, 2.24) is 4.41 Å². The lowest BCUT2D eigenvalue weighted by molar-refractivity contribution is 0.355. The summed E-state index contributed by atoms with van der Waals surface area (Å²) in [6.07, 6.45) is 0.327. The number of halogens is 1. The van der Waals surface area contributed by atoms with E-state index in [9.17, 15) is 12.8 Å². The van der Waals surface area contributed by atoms with Gasteiger partial charge in [-0.05, 0) is 48.0 Å². The van der Waals surface area contributed by atoms with Crippen LogP contribution in [0.3, 0.4) is 0 Å². The standard InChI is InChI=1S/C23H21FN2O4S/c1-29-22-13-10-17(14-23(22)30-2)20-15-21(16-8-11-18(24)12-9-16)26(25-20)31(27,28)19-6-4-3-5-7-19/h3-14,21H,15H2,1-2H3/t21-/m0/s1. The van der Waals surface area contributed by atoms with Crippen LogP contribution in [0.5, 0.6) is 11.5 Å².